The fourth-order valence-electron chi connectivity index (χ4n) is 3.76. The minimum atomic E-state index is -0.524. The lowest BCUT2D eigenvalue weighted by Crippen LogP contribution is -2.36. The molecule has 0 N–H and O–H groups in total. The van der Waals surface area contributed by atoms with Gasteiger partial charge in [-0.05, 0) is 22.8 Å². The third kappa shape index (κ3) is 3.28. The van der Waals surface area contributed by atoms with Gasteiger partial charge in [-0.1, -0.05) is 97.1 Å². The summed E-state index contributed by atoms with van der Waals surface area (Å²) >= 11 is 5.81. The van der Waals surface area contributed by atoms with Crippen LogP contribution in [-0.4, -0.2) is 15.4 Å². The lowest BCUT2D eigenvalue weighted by atomic mass is 9.77. The van der Waals surface area contributed by atoms with E-state index in [2.05, 4.69) is 88.5 Å². The van der Waals surface area contributed by atoms with Gasteiger partial charge in [0.25, 0.3) is 0 Å². The number of imidazole rings is 1. The van der Waals surface area contributed by atoms with Crippen LogP contribution in [0.5, 0.6) is 0 Å². The molecule has 0 radical (unpaired) electrons. The van der Waals surface area contributed by atoms with Gasteiger partial charge < -0.3 is 4.57 Å². The van der Waals surface area contributed by atoms with E-state index in [1.807, 2.05) is 36.7 Å². The summed E-state index contributed by atoms with van der Waals surface area (Å²) in [5.74, 6) is 0.466. The summed E-state index contributed by atoms with van der Waals surface area (Å²) in [6, 6.07) is 31.7. The SMILES string of the molecule is ClCC=Cc1cn(C(c2ccccc2)(c2ccccc2)c2ccccc2)cn1. The van der Waals surface area contributed by atoms with Crippen molar-refractivity contribution in [2.75, 3.05) is 5.88 Å². The van der Waals surface area contributed by atoms with Crippen molar-refractivity contribution in [3.8, 4) is 0 Å². The first-order valence-corrected chi connectivity index (χ1v) is 9.82. The van der Waals surface area contributed by atoms with Gasteiger partial charge in [-0.3, -0.25) is 0 Å². The van der Waals surface area contributed by atoms with Crippen LogP contribution in [0.15, 0.2) is 110 Å². The van der Waals surface area contributed by atoms with Gasteiger partial charge in [-0.2, -0.15) is 0 Å². The molecule has 3 aromatic carbocycles. The zero-order chi connectivity index (χ0) is 19.2. The van der Waals surface area contributed by atoms with E-state index in [-0.39, 0.29) is 0 Å². The second-order valence-corrected chi connectivity index (χ2v) is 6.88. The van der Waals surface area contributed by atoms with Gasteiger partial charge in [0, 0.05) is 12.1 Å². The van der Waals surface area contributed by atoms with E-state index in [9.17, 15) is 0 Å². The van der Waals surface area contributed by atoms with Crippen LogP contribution in [0.25, 0.3) is 6.08 Å². The zero-order valence-corrected chi connectivity index (χ0v) is 16.2. The molecule has 0 atom stereocenters. The minimum absolute atomic E-state index is 0.466. The normalized spacial score (nSPS) is 11.8. The van der Waals surface area contributed by atoms with E-state index in [1.54, 1.807) is 0 Å². The number of halogens is 1. The predicted octanol–water partition coefficient (Wildman–Crippen LogP) is 5.98. The Labute approximate surface area is 170 Å². The molecule has 0 saturated carbocycles. The average Bonchev–Trinajstić information content (AvgIpc) is 3.24. The number of alkyl halides is 1. The molecule has 3 heteroatoms. The molecule has 0 saturated heterocycles. The molecule has 138 valence electrons. The molecule has 4 rings (SSSR count). The Morgan fingerprint density at radius 1 is 0.750 bits per heavy atom. The van der Waals surface area contributed by atoms with Crippen molar-refractivity contribution in [1.82, 2.24) is 9.55 Å². The lowest BCUT2D eigenvalue weighted by molar-refractivity contribution is 0.514. The molecule has 1 aromatic heterocycles. The van der Waals surface area contributed by atoms with Crippen molar-refractivity contribution in [1.29, 1.82) is 0 Å². The molecule has 0 aliphatic heterocycles. The van der Waals surface area contributed by atoms with Crippen LogP contribution in [0.2, 0.25) is 0 Å². The van der Waals surface area contributed by atoms with Crippen LogP contribution in [0, 0.1) is 0 Å². The Morgan fingerprint density at radius 3 is 1.64 bits per heavy atom. The van der Waals surface area contributed by atoms with E-state index in [0.29, 0.717) is 5.88 Å². The fraction of sp³-hybridized carbons (Fsp3) is 0.0800. The molecule has 0 bridgehead atoms. The first kappa shape index (κ1) is 18.3. The van der Waals surface area contributed by atoms with Gasteiger partial charge >= 0.3 is 0 Å². The van der Waals surface area contributed by atoms with Crippen molar-refractivity contribution in [3.05, 3.63) is 132 Å². The van der Waals surface area contributed by atoms with Crippen LogP contribution < -0.4 is 0 Å². The fourth-order valence-corrected chi connectivity index (χ4v) is 3.85. The number of nitrogens with zero attached hydrogens (tertiary/aromatic N) is 2. The summed E-state index contributed by atoms with van der Waals surface area (Å²) in [5.41, 5.74) is 3.89. The van der Waals surface area contributed by atoms with Gasteiger partial charge in [0.05, 0.1) is 12.0 Å². The summed E-state index contributed by atoms with van der Waals surface area (Å²) in [4.78, 5) is 4.61. The van der Waals surface area contributed by atoms with Gasteiger partial charge in [-0.25, -0.2) is 4.98 Å². The second kappa shape index (κ2) is 8.28. The van der Waals surface area contributed by atoms with Gasteiger partial charge in [-0.15, -0.1) is 11.6 Å². The average molecular weight is 385 g/mol. The molecule has 0 amide bonds. The molecule has 4 aromatic rings. The first-order valence-electron chi connectivity index (χ1n) is 9.29. The van der Waals surface area contributed by atoms with Crippen molar-refractivity contribution in [3.63, 3.8) is 0 Å². The highest BCUT2D eigenvalue weighted by molar-refractivity contribution is 6.19. The molecule has 28 heavy (non-hydrogen) atoms. The van der Waals surface area contributed by atoms with Crippen LogP contribution in [0.4, 0.5) is 0 Å². The maximum absolute atomic E-state index is 5.81. The highest BCUT2D eigenvalue weighted by Gasteiger charge is 2.38. The van der Waals surface area contributed by atoms with Crippen LogP contribution in [0.1, 0.15) is 22.4 Å². The standard InChI is InChI=1S/C25H21ClN2/c26-18-10-17-24-19-28(20-27-24)25(21-11-4-1-5-12-21,22-13-6-2-7-14-22)23-15-8-3-9-16-23/h1-17,19-20H,18H2. The molecule has 0 fully saturated rings. The van der Waals surface area contributed by atoms with Crippen molar-refractivity contribution in [2.45, 2.75) is 5.54 Å². The summed E-state index contributed by atoms with van der Waals surface area (Å²) in [6.45, 7) is 0. The monoisotopic (exact) mass is 384 g/mol. The van der Waals surface area contributed by atoms with Crippen molar-refractivity contribution in [2.24, 2.45) is 0 Å². The highest BCUT2D eigenvalue weighted by atomic mass is 35.5. The summed E-state index contributed by atoms with van der Waals surface area (Å²) < 4.78 is 2.20. The molecule has 0 aliphatic carbocycles. The largest absolute Gasteiger partial charge is 0.318 e. The Hall–Kier alpha value is -3.10. The van der Waals surface area contributed by atoms with Crippen molar-refractivity contribution >= 4 is 17.7 Å². The Morgan fingerprint density at radius 2 is 1.21 bits per heavy atom. The quantitative estimate of drug-likeness (QED) is 0.295. The van der Waals surface area contributed by atoms with Gasteiger partial charge in [0.15, 0.2) is 0 Å². The number of hydrogen-bond donors (Lipinski definition) is 0. The molecule has 0 unspecified atom stereocenters. The first-order chi connectivity index (χ1) is 13.9. The van der Waals surface area contributed by atoms with Crippen LogP contribution >= 0.6 is 11.6 Å². The maximum Gasteiger partial charge on any atom is 0.121 e. The Balaban J connectivity index is 2.04. The van der Waals surface area contributed by atoms with E-state index in [0.717, 1.165) is 5.69 Å². The predicted molar refractivity (Wildman–Crippen MR) is 117 cm³/mol. The number of benzene rings is 3. The molecule has 2 nitrogen and oxygen atoms in total. The number of aromatic nitrogens is 2. The number of allylic oxidation sites excluding steroid dienone is 1. The smallest absolute Gasteiger partial charge is 0.121 e. The zero-order valence-electron chi connectivity index (χ0n) is 15.4. The molecule has 1 heterocycles. The molecular weight excluding hydrogens is 364 g/mol. The van der Waals surface area contributed by atoms with E-state index < -0.39 is 5.54 Å². The van der Waals surface area contributed by atoms with E-state index >= 15 is 0 Å². The van der Waals surface area contributed by atoms with Crippen LogP contribution in [-0.2, 0) is 5.54 Å². The number of hydrogen-bond acceptors (Lipinski definition) is 1. The maximum atomic E-state index is 5.81. The molecule has 0 aliphatic rings. The minimum Gasteiger partial charge on any atom is -0.318 e. The van der Waals surface area contributed by atoms with E-state index in [4.69, 9.17) is 11.6 Å². The summed E-state index contributed by atoms with van der Waals surface area (Å²) in [7, 11) is 0. The van der Waals surface area contributed by atoms with Crippen molar-refractivity contribution < 1.29 is 0 Å². The third-order valence-electron chi connectivity index (χ3n) is 4.94. The topological polar surface area (TPSA) is 17.8 Å². The summed E-state index contributed by atoms with van der Waals surface area (Å²) in [5, 5.41) is 0. The highest BCUT2D eigenvalue weighted by Crippen LogP contribution is 2.40. The Kier molecular flexibility index (Phi) is 5.41. The second-order valence-electron chi connectivity index (χ2n) is 6.57. The lowest BCUT2D eigenvalue weighted by Gasteiger charge is -2.37. The molecular formula is C25H21ClN2. The van der Waals surface area contributed by atoms with Gasteiger partial charge in [0.1, 0.15) is 5.54 Å². The third-order valence-corrected chi connectivity index (χ3v) is 5.12. The summed E-state index contributed by atoms with van der Waals surface area (Å²) in [6.07, 6.45) is 7.84. The van der Waals surface area contributed by atoms with E-state index in [1.165, 1.54) is 16.7 Å². The number of rotatable bonds is 6. The van der Waals surface area contributed by atoms with Crippen LogP contribution in [0.3, 0.4) is 0 Å². The van der Waals surface area contributed by atoms with Gasteiger partial charge in [0.2, 0.25) is 0 Å². The molecule has 0 spiro atoms. The Bertz CT molecular complexity index is 941.